The van der Waals surface area contributed by atoms with Crippen molar-refractivity contribution in [2.45, 2.75) is 18.9 Å². The zero-order chi connectivity index (χ0) is 10.7. The van der Waals surface area contributed by atoms with Crippen LogP contribution in [0.1, 0.15) is 12.8 Å². The van der Waals surface area contributed by atoms with Gasteiger partial charge in [-0.05, 0) is 25.9 Å². The maximum atomic E-state index is 11.5. The van der Waals surface area contributed by atoms with Gasteiger partial charge in [0.25, 0.3) is 0 Å². The predicted octanol–water partition coefficient (Wildman–Crippen LogP) is -0.192. The molecule has 2 rings (SSSR count). The van der Waals surface area contributed by atoms with Gasteiger partial charge in [0.15, 0.2) is 0 Å². The zero-order valence-electron chi connectivity index (χ0n) is 9.06. The summed E-state index contributed by atoms with van der Waals surface area (Å²) in [5, 5.41) is 0. The number of likely N-dealkylation sites (tertiary alicyclic amines) is 2. The van der Waals surface area contributed by atoms with Crippen molar-refractivity contribution in [3.63, 3.8) is 0 Å². The topological polar surface area (TPSA) is 49.6 Å². The highest BCUT2D eigenvalue weighted by Crippen LogP contribution is 2.08. The average Bonchev–Trinajstić information content (AvgIpc) is 2.65. The SMILES string of the molecule is NC1CN(C(=O)/C=C/CN2CCCC2)C1. The molecule has 0 atom stereocenters. The van der Waals surface area contributed by atoms with Crippen molar-refractivity contribution in [2.24, 2.45) is 5.73 Å². The molecule has 1 amide bonds. The summed E-state index contributed by atoms with van der Waals surface area (Å²) >= 11 is 0. The molecule has 0 aromatic carbocycles. The standard InChI is InChI=1S/C11H19N3O/c12-10-8-14(9-10)11(15)4-3-7-13-5-1-2-6-13/h3-4,10H,1-2,5-9,12H2/b4-3+. The third-order valence-corrected chi connectivity index (χ3v) is 3.04. The van der Waals surface area contributed by atoms with Crippen molar-refractivity contribution in [1.82, 2.24) is 9.80 Å². The van der Waals surface area contributed by atoms with E-state index in [9.17, 15) is 4.79 Å². The Morgan fingerprint density at radius 2 is 2.00 bits per heavy atom. The van der Waals surface area contributed by atoms with Crippen molar-refractivity contribution in [3.8, 4) is 0 Å². The Bertz CT molecular complexity index is 253. The number of hydrogen-bond acceptors (Lipinski definition) is 3. The van der Waals surface area contributed by atoms with Gasteiger partial charge in [-0.25, -0.2) is 0 Å². The zero-order valence-corrected chi connectivity index (χ0v) is 9.06. The molecule has 0 saturated carbocycles. The van der Waals surface area contributed by atoms with Crippen molar-refractivity contribution in [2.75, 3.05) is 32.7 Å². The van der Waals surface area contributed by atoms with Crippen LogP contribution in [-0.2, 0) is 4.79 Å². The largest absolute Gasteiger partial charge is 0.336 e. The lowest BCUT2D eigenvalue weighted by atomic mass is 10.1. The fourth-order valence-corrected chi connectivity index (χ4v) is 2.07. The van der Waals surface area contributed by atoms with Gasteiger partial charge < -0.3 is 10.6 Å². The molecular formula is C11H19N3O. The molecule has 0 unspecified atom stereocenters. The number of rotatable bonds is 3. The molecule has 0 radical (unpaired) electrons. The lowest BCUT2D eigenvalue weighted by Crippen LogP contribution is -2.57. The highest BCUT2D eigenvalue weighted by atomic mass is 16.2. The van der Waals surface area contributed by atoms with E-state index in [1.54, 1.807) is 11.0 Å². The van der Waals surface area contributed by atoms with Crippen LogP contribution in [0.4, 0.5) is 0 Å². The van der Waals surface area contributed by atoms with E-state index in [4.69, 9.17) is 5.73 Å². The minimum absolute atomic E-state index is 0.107. The van der Waals surface area contributed by atoms with Crippen LogP contribution in [0.2, 0.25) is 0 Å². The minimum Gasteiger partial charge on any atom is -0.336 e. The highest BCUT2D eigenvalue weighted by Gasteiger charge is 2.25. The lowest BCUT2D eigenvalue weighted by molar-refractivity contribution is -0.130. The molecule has 4 nitrogen and oxygen atoms in total. The third kappa shape index (κ3) is 2.79. The van der Waals surface area contributed by atoms with Crippen LogP contribution in [-0.4, -0.2) is 54.5 Å². The Kier molecular flexibility index (Phi) is 3.38. The smallest absolute Gasteiger partial charge is 0.246 e. The number of carbonyl (C=O) groups is 1. The summed E-state index contributed by atoms with van der Waals surface area (Å²) in [6.07, 6.45) is 6.24. The number of amides is 1. The molecule has 84 valence electrons. The maximum absolute atomic E-state index is 11.5. The molecule has 0 aromatic rings. The Hall–Kier alpha value is -0.870. The highest BCUT2D eigenvalue weighted by molar-refractivity contribution is 5.88. The average molecular weight is 209 g/mol. The number of nitrogens with zero attached hydrogens (tertiary/aromatic N) is 2. The van der Waals surface area contributed by atoms with Crippen LogP contribution in [0.25, 0.3) is 0 Å². The molecule has 2 aliphatic heterocycles. The first kappa shape index (κ1) is 10.6. The fourth-order valence-electron chi connectivity index (χ4n) is 2.07. The van der Waals surface area contributed by atoms with Gasteiger partial charge in [-0.2, -0.15) is 0 Å². The molecule has 0 aliphatic carbocycles. The molecular weight excluding hydrogens is 190 g/mol. The Labute approximate surface area is 90.7 Å². The van der Waals surface area contributed by atoms with E-state index in [-0.39, 0.29) is 11.9 Å². The fraction of sp³-hybridized carbons (Fsp3) is 0.727. The summed E-state index contributed by atoms with van der Waals surface area (Å²) in [5.74, 6) is 0.107. The molecule has 4 heteroatoms. The van der Waals surface area contributed by atoms with Gasteiger partial charge in [0.05, 0.1) is 0 Å². The normalized spacial score (nSPS) is 23.7. The van der Waals surface area contributed by atoms with Gasteiger partial charge in [0.2, 0.25) is 5.91 Å². The Morgan fingerprint density at radius 3 is 2.60 bits per heavy atom. The molecule has 15 heavy (non-hydrogen) atoms. The van der Waals surface area contributed by atoms with Crippen molar-refractivity contribution in [3.05, 3.63) is 12.2 Å². The van der Waals surface area contributed by atoms with E-state index in [1.165, 1.54) is 25.9 Å². The van der Waals surface area contributed by atoms with E-state index in [2.05, 4.69) is 4.90 Å². The third-order valence-electron chi connectivity index (χ3n) is 3.04. The molecule has 2 aliphatic rings. The van der Waals surface area contributed by atoms with Crippen LogP contribution in [0.3, 0.4) is 0 Å². The van der Waals surface area contributed by atoms with E-state index in [0.717, 1.165) is 6.54 Å². The van der Waals surface area contributed by atoms with Crippen molar-refractivity contribution < 1.29 is 4.79 Å². The van der Waals surface area contributed by atoms with Gasteiger partial charge in [0, 0.05) is 31.8 Å². The summed E-state index contributed by atoms with van der Waals surface area (Å²) < 4.78 is 0. The van der Waals surface area contributed by atoms with Crippen LogP contribution < -0.4 is 5.73 Å². The lowest BCUT2D eigenvalue weighted by Gasteiger charge is -2.36. The first-order chi connectivity index (χ1) is 7.25. The predicted molar refractivity (Wildman–Crippen MR) is 59.4 cm³/mol. The first-order valence-corrected chi connectivity index (χ1v) is 5.69. The van der Waals surface area contributed by atoms with Crippen molar-refractivity contribution >= 4 is 5.91 Å². The monoisotopic (exact) mass is 209 g/mol. The van der Waals surface area contributed by atoms with Gasteiger partial charge >= 0.3 is 0 Å². The molecule has 2 fully saturated rings. The second-order valence-corrected chi connectivity index (χ2v) is 4.41. The van der Waals surface area contributed by atoms with E-state index >= 15 is 0 Å². The molecule has 2 saturated heterocycles. The maximum Gasteiger partial charge on any atom is 0.246 e. The van der Waals surface area contributed by atoms with Gasteiger partial charge in [-0.1, -0.05) is 6.08 Å². The van der Waals surface area contributed by atoms with E-state index in [1.807, 2.05) is 6.08 Å². The van der Waals surface area contributed by atoms with E-state index in [0.29, 0.717) is 13.1 Å². The van der Waals surface area contributed by atoms with Gasteiger partial charge in [-0.15, -0.1) is 0 Å². The second kappa shape index (κ2) is 4.77. The summed E-state index contributed by atoms with van der Waals surface area (Å²) in [6.45, 7) is 4.69. The number of carbonyl (C=O) groups excluding carboxylic acids is 1. The van der Waals surface area contributed by atoms with Crippen LogP contribution in [0.5, 0.6) is 0 Å². The van der Waals surface area contributed by atoms with Crippen LogP contribution in [0.15, 0.2) is 12.2 Å². The molecule has 2 N–H and O–H groups in total. The van der Waals surface area contributed by atoms with Crippen LogP contribution >= 0.6 is 0 Å². The molecule has 0 spiro atoms. The van der Waals surface area contributed by atoms with Gasteiger partial charge in [-0.3, -0.25) is 9.69 Å². The number of nitrogens with two attached hydrogens (primary N) is 1. The Balaban J connectivity index is 1.67. The summed E-state index contributed by atoms with van der Waals surface area (Å²) in [7, 11) is 0. The first-order valence-electron chi connectivity index (χ1n) is 5.69. The molecule has 2 heterocycles. The summed E-state index contributed by atoms with van der Waals surface area (Å²) in [5.41, 5.74) is 5.61. The second-order valence-electron chi connectivity index (χ2n) is 4.41. The molecule has 0 aromatic heterocycles. The molecule has 0 bridgehead atoms. The van der Waals surface area contributed by atoms with E-state index < -0.39 is 0 Å². The summed E-state index contributed by atoms with van der Waals surface area (Å²) in [6, 6.07) is 0.195. The minimum atomic E-state index is 0.107. The van der Waals surface area contributed by atoms with Gasteiger partial charge in [0.1, 0.15) is 0 Å². The number of hydrogen-bond donors (Lipinski definition) is 1. The Morgan fingerprint density at radius 1 is 1.33 bits per heavy atom. The quantitative estimate of drug-likeness (QED) is 0.655. The van der Waals surface area contributed by atoms with Crippen LogP contribution in [0, 0.1) is 0 Å². The van der Waals surface area contributed by atoms with Crippen molar-refractivity contribution in [1.29, 1.82) is 0 Å². The summed E-state index contributed by atoms with van der Waals surface area (Å²) in [4.78, 5) is 15.7.